The van der Waals surface area contributed by atoms with Crippen molar-refractivity contribution in [1.82, 2.24) is 0 Å². The molecule has 0 amide bonds. The Hall–Kier alpha value is -1.37. The van der Waals surface area contributed by atoms with Crippen molar-refractivity contribution < 1.29 is 4.79 Å². The zero-order valence-electron chi connectivity index (χ0n) is 18.7. The minimum absolute atomic E-state index is 0.103. The molecule has 0 saturated heterocycles. The highest BCUT2D eigenvalue weighted by atomic mass is 16.1. The second-order valence-electron chi connectivity index (χ2n) is 8.80. The van der Waals surface area contributed by atoms with E-state index in [-0.39, 0.29) is 5.41 Å². The highest BCUT2D eigenvalue weighted by Crippen LogP contribution is 2.60. The first kappa shape index (κ1) is 21.9. The molecule has 0 spiro atoms. The summed E-state index contributed by atoms with van der Waals surface area (Å²) in [5, 5.41) is 0. The minimum atomic E-state index is 0.103. The highest BCUT2D eigenvalue weighted by Gasteiger charge is 2.48. The van der Waals surface area contributed by atoms with Crippen LogP contribution in [0.15, 0.2) is 46.6 Å². The molecular weight excluding hydrogens is 328 g/mol. The second-order valence-corrected chi connectivity index (χ2v) is 8.80. The molecule has 27 heavy (non-hydrogen) atoms. The fourth-order valence-electron chi connectivity index (χ4n) is 4.95. The SMILES string of the molecule is CC.CC1CC=C2C3=C(CCC21C)C1(C)CCC(=O)C=C1C=C3.CCCC. The quantitative estimate of drug-likeness (QED) is 0.462. The van der Waals surface area contributed by atoms with E-state index in [4.69, 9.17) is 0 Å². The summed E-state index contributed by atoms with van der Waals surface area (Å²) in [6.45, 7) is 15.6. The van der Waals surface area contributed by atoms with E-state index in [1.165, 1.54) is 43.3 Å². The van der Waals surface area contributed by atoms with Crippen molar-refractivity contribution in [3.05, 3.63) is 46.6 Å². The highest BCUT2D eigenvalue weighted by molar-refractivity contribution is 5.92. The molecule has 3 atom stereocenters. The van der Waals surface area contributed by atoms with Crippen molar-refractivity contribution in [2.45, 2.75) is 93.4 Å². The number of hydrogen-bond donors (Lipinski definition) is 0. The van der Waals surface area contributed by atoms with E-state index in [2.05, 4.69) is 52.8 Å². The number of fused-ring (bicyclic) bond motifs is 4. The van der Waals surface area contributed by atoms with Crippen molar-refractivity contribution in [3.63, 3.8) is 0 Å². The van der Waals surface area contributed by atoms with Gasteiger partial charge in [-0.05, 0) is 59.8 Å². The first-order chi connectivity index (χ1) is 12.9. The molecule has 0 aromatic rings. The number of hydrogen-bond acceptors (Lipinski definition) is 1. The molecule has 0 aliphatic heterocycles. The van der Waals surface area contributed by atoms with E-state index >= 15 is 0 Å². The monoisotopic (exact) mass is 368 g/mol. The van der Waals surface area contributed by atoms with Crippen molar-refractivity contribution in [2.24, 2.45) is 16.7 Å². The zero-order chi connectivity index (χ0) is 20.2. The Morgan fingerprint density at radius 3 is 2.33 bits per heavy atom. The van der Waals surface area contributed by atoms with Crippen LogP contribution in [0.4, 0.5) is 0 Å². The predicted molar refractivity (Wildman–Crippen MR) is 118 cm³/mol. The lowest BCUT2D eigenvalue weighted by atomic mass is 9.57. The number of ketones is 1. The molecule has 4 rings (SSSR count). The molecular formula is C26H40O. The summed E-state index contributed by atoms with van der Waals surface area (Å²) in [5.41, 5.74) is 6.40. The van der Waals surface area contributed by atoms with Crippen LogP contribution in [-0.2, 0) is 4.79 Å². The summed E-state index contributed by atoms with van der Waals surface area (Å²) in [5.74, 6) is 1.05. The maximum atomic E-state index is 11.8. The van der Waals surface area contributed by atoms with Crippen LogP contribution in [-0.4, -0.2) is 5.78 Å². The molecule has 4 aliphatic carbocycles. The Kier molecular flexibility index (Phi) is 7.11. The second kappa shape index (κ2) is 8.76. The van der Waals surface area contributed by atoms with Crippen LogP contribution >= 0.6 is 0 Å². The average Bonchev–Trinajstić information content (AvgIpc) is 2.99. The Balaban J connectivity index is 0.000000389. The van der Waals surface area contributed by atoms with Crippen LogP contribution < -0.4 is 0 Å². The number of unbranched alkanes of at least 4 members (excludes halogenated alkanes) is 1. The standard InChI is InChI=1S/C20H24O.C4H10.C2H6/c1-13-4-7-17-16-6-5-14-12-15(21)8-10-20(14,3)18(16)9-11-19(13,17)2;1-3-4-2;1-2/h5-7,12-13H,4,8-11H2,1-3H3;3-4H2,1-2H3;1-2H3. The molecule has 3 unspecified atom stereocenters. The summed E-state index contributed by atoms with van der Waals surface area (Å²) in [6.07, 6.45) is 16.9. The Bertz CT molecular complexity index is 685. The van der Waals surface area contributed by atoms with E-state index in [9.17, 15) is 4.79 Å². The molecule has 0 fully saturated rings. The molecule has 0 bridgehead atoms. The van der Waals surface area contributed by atoms with Crippen molar-refractivity contribution in [2.75, 3.05) is 0 Å². The summed E-state index contributed by atoms with van der Waals surface area (Å²) in [4.78, 5) is 11.8. The fraction of sp³-hybridized carbons (Fsp3) is 0.654. The molecule has 0 radical (unpaired) electrons. The topological polar surface area (TPSA) is 17.1 Å². The molecule has 0 saturated carbocycles. The smallest absolute Gasteiger partial charge is 0.156 e. The van der Waals surface area contributed by atoms with Crippen LogP contribution in [0.3, 0.4) is 0 Å². The van der Waals surface area contributed by atoms with Gasteiger partial charge in [-0.1, -0.05) is 85.1 Å². The normalized spacial score (nSPS) is 33.4. The van der Waals surface area contributed by atoms with E-state index in [1.807, 2.05) is 19.9 Å². The van der Waals surface area contributed by atoms with Crippen LogP contribution in [0, 0.1) is 16.7 Å². The Morgan fingerprint density at radius 1 is 1.04 bits per heavy atom. The van der Waals surface area contributed by atoms with Gasteiger partial charge >= 0.3 is 0 Å². The zero-order valence-corrected chi connectivity index (χ0v) is 18.7. The van der Waals surface area contributed by atoms with Crippen molar-refractivity contribution in [3.8, 4) is 0 Å². The summed E-state index contributed by atoms with van der Waals surface area (Å²) in [7, 11) is 0. The van der Waals surface area contributed by atoms with Gasteiger partial charge in [-0.3, -0.25) is 4.79 Å². The minimum Gasteiger partial charge on any atom is -0.295 e. The van der Waals surface area contributed by atoms with E-state index < -0.39 is 0 Å². The third-order valence-electron chi connectivity index (χ3n) is 7.31. The fourth-order valence-corrected chi connectivity index (χ4v) is 4.95. The molecule has 150 valence electrons. The van der Waals surface area contributed by atoms with Gasteiger partial charge in [0.05, 0.1) is 0 Å². The third-order valence-corrected chi connectivity index (χ3v) is 7.31. The summed E-state index contributed by atoms with van der Waals surface area (Å²) < 4.78 is 0. The molecule has 0 heterocycles. The molecule has 0 N–H and O–H groups in total. The van der Waals surface area contributed by atoms with E-state index in [0.29, 0.717) is 17.6 Å². The van der Waals surface area contributed by atoms with Gasteiger partial charge in [0.2, 0.25) is 0 Å². The van der Waals surface area contributed by atoms with Crippen LogP contribution in [0.5, 0.6) is 0 Å². The van der Waals surface area contributed by atoms with Gasteiger partial charge < -0.3 is 0 Å². The number of allylic oxidation sites excluding steroid dienone is 8. The maximum Gasteiger partial charge on any atom is 0.156 e. The van der Waals surface area contributed by atoms with Gasteiger partial charge in [-0.2, -0.15) is 0 Å². The van der Waals surface area contributed by atoms with Crippen LogP contribution in [0.2, 0.25) is 0 Å². The molecule has 1 nitrogen and oxygen atoms in total. The molecule has 0 aromatic carbocycles. The average molecular weight is 369 g/mol. The summed E-state index contributed by atoms with van der Waals surface area (Å²) in [6, 6.07) is 0. The van der Waals surface area contributed by atoms with E-state index in [1.54, 1.807) is 11.1 Å². The van der Waals surface area contributed by atoms with Crippen molar-refractivity contribution >= 4 is 5.78 Å². The van der Waals surface area contributed by atoms with Crippen LogP contribution in [0.1, 0.15) is 93.4 Å². The summed E-state index contributed by atoms with van der Waals surface area (Å²) >= 11 is 0. The lowest BCUT2D eigenvalue weighted by molar-refractivity contribution is -0.115. The lowest BCUT2D eigenvalue weighted by Crippen LogP contribution is -2.36. The van der Waals surface area contributed by atoms with Crippen LogP contribution in [0.25, 0.3) is 0 Å². The lowest BCUT2D eigenvalue weighted by Gasteiger charge is -2.47. The first-order valence-electron chi connectivity index (χ1n) is 11.2. The Morgan fingerprint density at radius 2 is 1.70 bits per heavy atom. The molecule has 1 heteroatoms. The van der Waals surface area contributed by atoms with Gasteiger partial charge in [0.15, 0.2) is 5.78 Å². The van der Waals surface area contributed by atoms with Gasteiger partial charge in [-0.15, -0.1) is 0 Å². The largest absolute Gasteiger partial charge is 0.295 e. The first-order valence-corrected chi connectivity index (χ1v) is 11.2. The number of carbonyl (C=O) groups excluding carboxylic acids is 1. The Labute approximate surface area is 167 Å². The van der Waals surface area contributed by atoms with Gasteiger partial charge in [0, 0.05) is 11.8 Å². The van der Waals surface area contributed by atoms with E-state index in [0.717, 1.165) is 12.3 Å². The third kappa shape index (κ3) is 3.80. The molecule has 4 aliphatic rings. The number of carbonyl (C=O) groups is 1. The predicted octanol–water partition coefficient (Wildman–Crippen LogP) is 7.75. The van der Waals surface area contributed by atoms with Gasteiger partial charge in [-0.25, -0.2) is 0 Å². The maximum absolute atomic E-state index is 11.8. The van der Waals surface area contributed by atoms with Gasteiger partial charge in [0.1, 0.15) is 0 Å². The molecule has 0 aromatic heterocycles. The van der Waals surface area contributed by atoms with Gasteiger partial charge in [0.25, 0.3) is 0 Å². The number of rotatable bonds is 1. The van der Waals surface area contributed by atoms with Crippen molar-refractivity contribution in [1.29, 1.82) is 0 Å².